The number of hydrogen-bond acceptors (Lipinski definition) is 2. The van der Waals surface area contributed by atoms with Gasteiger partial charge in [-0.15, -0.1) is 0 Å². The third-order valence-corrected chi connectivity index (χ3v) is 5.08. The van der Waals surface area contributed by atoms with Crippen molar-refractivity contribution in [2.45, 2.75) is 37.8 Å². The summed E-state index contributed by atoms with van der Waals surface area (Å²) in [5, 5.41) is 0. The fourth-order valence-electron chi connectivity index (χ4n) is 3.63. The second-order valence-corrected chi connectivity index (χ2v) is 6.49. The SMILES string of the molecule is CC(N1CCCC1)C(N)(Cc1ccccc1)c1ccccc1. The number of benzene rings is 2. The molecule has 1 aliphatic rings. The van der Waals surface area contributed by atoms with E-state index < -0.39 is 0 Å². The molecule has 2 aromatic carbocycles. The van der Waals surface area contributed by atoms with Gasteiger partial charge in [-0.1, -0.05) is 60.7 Å². The number of nitrogens with zero attached hydrogens (tertiary/aromatic N) is 1. The fraction of sp³-hybridized carbons (Fsp3) is 0.400. The maximum absolute atomic E-state index is 7.03. The zero-order valence-corrected chi connectivity index (χ0v) is 13.4. The predicted octanol–water partition coefficient (Wildman–Crippen LogP) is 3.57. The minimum Gasteiger partial charge on any atom is -0.320 e. The summed E-state index contributed by atoms with van der Waals surface area (Å²) in [6.45, 7) is 4.63. The summed E-state index contributed by atoms with van der Waals surface area (Å²) in [5.41, 5.74) is 9.22. The molecule has 0 saturated carbocycles. The van der Waals surface area contributed by atoms with E-state index in [2.05, 4.69) is 72.5 Å². The van der Waals surface area contributed by atoms with Crippen molar-refractivity contribution >= 4 is 0 Å². The van der Waals surface area contributed by atoms with Crippen LogP contribution in [0.5, 0.6) is 0 Å². The summed E-state index contributed by atoms with van der Waals surface area (Å²) in [5.74, 6) is 0. The van der Waals surface area contributed by atoms with Crippen LogP contribution in [0.15, 0.2) is 60.7 Å². The van der Waals surface area contributed by atoms with E-state index in [1.165, 1.54) is 37.1 Å². The first-order valence-electron chi connectivity index (χ1n) is 8.32. The third kappa shape index (κ3) is 3.08. The van der Waals surface area contributed by atoms with E-state index in [4.69, 9.17) is 5.73 Å². The molecule has 1 saturated heterocycles. The Morgan fingerprint density at radius 2 is 1.50 bits per heavy atom. The zero-order chi connectivity index (χ0) is 15.4. The van der Waals surface area contributed by atoms with Gasteiger partial charge in [-0.05, 0) is 50.4 Å². The fourth-order valence-corrected chi connectivity index (χ4v) is 3.63. The molecule has 2 unspecified atom stereocenters. The molecule has 0 aliphatic carbocycles. The summed E-state index contributed by atoms with van der Waals surface area (Å²) < 4.78 is 0. The van der Waals surface area contributed by atoms with Gasteiger partial charge in [0.05, 0.1) is 5.54 Å². The van der Waals surface area contributed by atoms with E-state index in [0.717, 1.165) is 6.42 Å². The molecule has 22 heavy (non-hydrogen) atoms. The van der Waals surface area contributed by atoms with Gasteiger partial charge in [-0.25, -0.2) is 0 Å². The average molecular weight is 294 g/mol. The van der Waals surface area contributed by atoms with Crippen molar-refractivity contribution in [1.82, 2.24) is 4.90 Å². The van der Waals surface area contributed by atoms with Gasteiger partial charge < -0.3 is 5.73 Å². The topological polar surface area (TPSA) is 29.3 Å². The Kier molecular flexibility index (Phi) is 4.60. The molecule has 0 aromatic heterocycles. The molecule has 1 fully saturated rings. The van der Waals surface area contributed by atoms with Crippen LogP contribution in [-0.2, 0) is 12.0 Å². The third-order valence-electron chi connectivity index (χ3n) is 5.08. The normalized spacial score (nSPS) is 19.7. The van der Waals surface area contributed by atoms with Gasteiger partial charge in [0.2, 0.25) is 0 Å². The van der Waals surface area contributed by atoms with Crippen molar-refractivity contribution < 1.29 is 0 Å². The van der Waals surface area contributed by atoms with Crippen LogP contribution in [0.3, 0.4) is 0 Å². The summed E-state index contributed by atoms with van der Waals surface area (Å²) in [7, 11) is 0. The van der Waals surface area contributed by atoms with Crippen LogP contribution in [-0.4, -0.2) is 24.0 Å². The van der Waals surface area contributed by atoms with Crippen LogP contribution in [0.2, 0.25) is 0 Å². The van der Waals surface area contributed by atoms with E-state index in [-0.39, 0.29) is 5.54 Å². The van der Waals surface area contributed by atoms with Gasteiger partial charge in [0, 0.05) is 6.04 Å². The van der Waals surface area contributed by atoms with E-state index in [9.17, 15) is 0 Å². The Bertz CT molecular complexity index is 575. The molecule has 0 radical (unpaired) electrons. The van der Waals surface area contributed by atoms with Crippen molar-refractivity contribution in [2.24, 2.45) is 5.73 Å². The molecule has 0 bridgehead atoms. The molecule has 116 valence electrons. The Hall–Kier alpha value is -1.64. The Balaban J connectivity index is 1.94. The van der Waals surface area contributed by atoms with E-state index in [1.807, 2.05) is 0 Å². The van der Waals surface area contributed by atoms with Crippen LogP contribution in [0.4, 0.5) is 0 Å². The van der Waals surface area contributed by atoms with Crippen LogP contribution in [0.25, 0.3) is 0 Å². The molecule has 0 amide bonds. The number of nitrogens with two attached hydrogens (primary N) is 1. The molecule has 2 heteroatoms. The van der Waals surface area contributed by atoms with Crippen molar-refractivity contribution in [3.63, 3.8) is 0 Å². The Labute approximate surface area is 134 Å². The number of rotatable bonds is 5. The molecule has 2 nitrogen and oxygen atoms in total. The van der Waals surface area contributed by atoms with E-state index >= 15 is 0 Å². The smallest absolute Gasteiger partial charge is 0.0605 e. The first-order valence-corrected chi connectivity index (χ1v) is 8.32. The summed E-state index contributed by atoms with van der Waals surface area (Å²) in [6.07, 6.45) is 3.45. The molecule has 1 aliphatic heterocycles. The largest absolute Gasteiger partial charge is 0.320 e. The predicted molar refractivity (Wildman–Crippen MR) is 92.7 cm³/mol. The van der Waals surface area contributed by atoms with Gasteiger partial charge in [-0.2, -0.15) is 0 Å². The number of hydrogen-bond donors (Lipinski definition) is 1. The minimum absolute atomic E-state index is 0.331. The van der Waals surface area contributed by atoms with Gasteiger partial charge in [0.15, 0.2) is 0 Å². The van der Waals surface area contributed by atoms with Crippen LogP contribution in [0.1, 0.15) is 30.9 Å². The highest BCUT2D eigenvalue weighted by Crippen LogP contribution is 2.31. The maximum Gasteiger partial charge on any atom is 0.0605 e. The summed E-state index contributed by atoms with van der Waals surface area (Å²) in [6, 6.07) is 21.6. The van der Waals surface area contributed by atoms with Crippen LogP contribution >= 0.6 is 0 Å². The lowest BCUT2D eigenvalue weighted by molar-refractivity contribution is 0.159. The van der Waals surface area contributed by atoms with E-state index in [0.29, 0.717) is 6.04 Å². The van der Waals surface area contributed by atoms with Gasteiger partial charge in [0.25, 0.3) is 0 Å². The monoisotopic (exact) mass is 294 g/mol. The molecular formula is C20H26N2. The molecule has 1 heterocycles. The van der Waals surface area contributed by atoms with Crippen molar-refractivity contribution in [2.75, 3.05) is 13.1 Å². The lowest BCUT2D eigenvalue weighted by atomic mass is 9.78. The molecule has 3 rings (SSSR count). The molecule has 0 spiro atoms. The number of likely N-dealkylation sites (tertiary alicyclic amines) is 1. The second kappa shape index (κ2) is 6.64. The highest BCUT2D eigenvalue weighted by molar-refractivity contribution is 5.30. The molecule has 2 atom stereocenters. The first kappa shape index (κ1) is 15.3. The Morgan fingerprint density at radius 1 is 0.955 bits per heavy atom. The molecule has 2 N–H and O–H groups in total. The van der Waals surface area contributed by atoms with Crippen molar-refractivity contribution in [3.05, 3.63) is 71.8 Å². The zero-order valence-electron chi connectivity index (χ0n) is 13.4. The highest BCUT2D eigenvalue weighted by Gasteiger charge is 2.38. The second-order valence-electron chi connectivity index (χ2n) is 6.49. The van der Waals surface area contributed by atoms with Gasteiger partial charge in [-0.3, -0.25) is 4.90 Å². The standard InChI is InChI=1S/C20H26N2/c1-17(22-14-8-9-15-22)20(21,19-12-6-3-7-13-19)16-18-10-4-2-5-11-18/h2-7,10-13,17H,8-9,14-16,21H2,1H3. The lowest BCUT2D eigenvalue weighted by Crippen LogP contribution is -2.55. The van der Waals surface area contributed by atoms with Gasteiger partial charge in [0.1, 0.15) is 0 Å². The minimum atomic E-state index is -0.354. The van der Waals surface area contributed by atoms with Crippen molar-refractivity contribution in [3.8, 4) is 0 Å². The van der Waals surface area contributed by atoms with Crippen LogP contribution < -0.4 is 5.73 Å². The summed E-state index contributed by atoms with van der Waals surface area (Å²) >= 11 is 0. The first-order chi connectivity index (χ1) is 10.7. The summed E-state index contributed by atoms with van der Waals surface area (Å²) in [4.78, 5) is 2.55. The highest BCUT2D eigenvalue weighted by atomic mass is 15.2. The lowest BCUT2D eigenvalue weighted by Gasteiger charge is -2.41. The quantitative estimate of drug-likeness (QED) is 0.913. The van der Waals surface area contributed by atoms with Crippen LogP contribution in [0, 0.1) is 0 Å². The average Bonchev–Trinajstić information content (AvgIpc) is 3.10. The van der Waals surface area contributed by atoms with Crippen molar-refractivity contribution in [1.29, 1.82) is 0 Å². The Morgan fingerprint density at radius 3 is 2.09 bits per heavy atom. The molecular weight excluding hydrogens is 268 g/mol. The molecule has 2 aromatic rings. The van der Waals surface area contributed by atoms with Gasteiger partial charge >= 0.3 is 0 Å². The van der Waals surface area contributed by atoms with E-state index in [1.54, 1.807) is 0 Å². The maximum atomic E-state index is 7.03.